The molecule has 0 radical (unpaired) electrons. The largest absolute Gasteiger partial charge is 0.368 e. The van der Waals surface area contributed by atoms with E-state index in [4.69, 9.17) is 5.73 Å². The molecule has 1 saturated carbocycles. The number of halogens is 2. The Hall–Kier alpha value is -0.400. The zero-order chi connectivity index (χ0) is 14.0. The maximum atomic E-state index is 12.5. The minimum atomic E-state index is -0.463. The lowest BCUT2D eigenvalue weighted by Crippen LogP contribution is -2.43. The first-order valence-corrected chi connectivity index (χ1v) is 8.43. The van der Waals surface area contributed by atoms with E-state index in [1.807, 2.05) is 0 Å². The number of nitrogens with two attached hydrogens (primary N) is 1. The van der Waals surface area contributed by atoms with Crippen molar-refractivity contribution in [2.45, 2.75) is 31.7 Å². The van der Waals surface area contributed by atoms with Crippen LogP contribution in [0.25, 0.3) is 0 Å². The van der Waals surface area contributed by atoms with E-state index in [-0.39, 0.29) is 18.5 Å². The topological polar surface area (TPSA) is 63.4 Å². The predicted molar refractivity (Wildman–Crippen MR) is 82.2 cm³/mol. The number of amides is 2. The lowest BCUT2D eigenvalue weighted by molar-refractivity contribution is -0.119. The zero-order valence-electron chi connectivity index (χ0n) is 10.2. The number of carbonyl (C=O) groups is 2. The van der Waals surface area contributed by atoms with Gasteiger partial charge in [0, 0.05) is 10.5 Å². The molecule has 2 rings (SSSR count). The third-order valence-electron chi connectivity index (χ3n) is 3.21. The highest BCUT2D eigenvalue weighted by Crippen LogP contribution is 2.34. The minimum Gasteiger partial charge on any atom is -0.368 e. The van der Waals surface area contributed by atoms with Gasteiger partial charge in [0.25, 0.3) is 5.91 Å². The highest BCUT2D eigenvalue weighted by atomic mass is 79.9. The van der Waals surface area contributed by atoms with Crippen LogP contribution in [0.15, 0.2) is 14.3 Å². The van der Waals surface area contributed by atoms with Crippen LogP contribution in [0, 0.1) is 0 Å². The molecule has 19 heavy (non-hydrogen) atoms. The molecule has 4 nitrogen and oxygen atoms in total. The highest BCUT2D eigenvalue weighted by molar-refractivity contribution is 9.13. The van der Waals surface area contributed by atoms with E-state index >= 15 is 0 Å². The van der Waals surface area contributed by atoms with Crippen LogP contribution in [0.5, 0.6) is 0 Å². The SMILES string of the molecule is NC(=O)CN(C(=O)c1cc(Br)c(Br)s1)C1CCCC1. The maximum Gasteiger partial charge on any atom is 0.264 e. The van der Waals surface area contributed by atoms with Gasteiger partial charge < -0.3 is 10.6 Å². The van der Waals surface area contributed by atoms with Gasteiger partial charge in [0.15, 0.2) is 0 Å². The van der Waals surface area contributed by atoms with Gasteiger partial charge in [0.05, 0.1) is 15.2 Å². The van der Waals surface area contributed by atoms with Gasteiger partial charge in [-0.2, -0.15) is 0 Å². The molecular formula is C12H14Br2N2O2S. The minimum absolute atomic E-state index is 0.00334. The van der Waals surface area contributed by atoms with E-state index in [2.05, 4.69) is 31.9 Å². The van der Waals surface area contributed by atoms with Crippen molar-refractivity contribution in [2.75, 3.05) is 6.54 Å². The molecule has 0 aromatic carbocycles. The van der Waals surface area contributed by atoms with Crippen LogP contribution in [-0.2, 0) is 4.79 Å². The Labute approximate surface area is 132 Å². The van der Waals surface area contributed by atoms with Crippen molar-refractivity contribution in [1.29, 1.82) is 0 Å². The van der Waals surface area contributed by atoms with E-state index in [0.717, 1.165) is 33.9 Å². The van der Waals surface area contributed by atoms with Crippen molar-refractivity contribution in [3.63, 3.8) is 0 Å². The molecule has 104 valence electrons. The smallest absolute Gasteiger partial charge is 0.264 e. The molecule has 7 heteroatoms. The van der Waals surface area contributed by atoms with Crippen molar-refractivity contribution in [3.8, 4) is 0 Å². The number of hydrogen-bond donors (Lipinski definition) is 1. The first kappa shape index (κ1) is 15.0. The van der Waals surface area contributed by atoms with Gasteiger partial charge in [0.2, 0.25) is 5.91 Å². The van der Waals surface area contributed by atoms with Crippen LogP contribution in [0.1, 0.15) is 35.4 Å². The fourth-order valence-electron chi connectivity index (χ4n) is 2.34. The third kappa shape index (κ3) is 3.58. The molecule has 0 aliphatic heterocycles. The molecule has 0 unspecified atom stereocenters. The number of rotatable bonds is 4. The first-order chi connectivity index (χ1) is 8.99. The summed E-state index contributed by atoms with van der Waals surface area (Å²) in [7, 11) is 0. The van der Waals surface area contributed by atoms with Crippen molar-refractivity contribution in [1.82, 2.24) is 4.90 Å². The Morgan fingerprint density at radius 1 is 1.37 bits per heavy atom. The van der Waals surface area contributed by atoms with Gasteiger partial charge in [0.1, 0.15) is 0 Å². The summed E-state index contributed by atoms with van der Waals surface area (Å²) in [4.78, 5) is 25.9. The molecule has 1 aliphatic carbocycles. The van der Waals surface area contributed by atoms with Crippen LogP contribution < -0.4 is 5.73 Å². The monoisotopic (exact) mass is 408 g/mol. The second kappa shape index (κ2) is 6.37. The highest BCUT2D eigenvalue weighted by Gasteiger charge is 2.29. The number of hydrogen-bond acceptors (Lipinski definition) is 3. The molecular weight excluding hydrogens is 396 g/mol. The summed E-state index contributed by atoms with van der Waals surface area (Å²) in [6, 6.07) is 1.92. The average Bonchev–Trinajstić information content (AvgIpc) is 2.96. The van der Waals surface area contributed by atoms with E-state index in [1.165, 1.54) is 11.3 Å². The van der Waals surface area contributed by atoms with Gasteiger partial charge in [-0.25, -0.2) is 0 Å². The molecule has 0 bridgehead atoms. The van der Waals surface area contributed by atoms with Gasteiger partial charge >= 0.3 is 0 Å². The van der Waals surface area contributed by atoms with Gasteiger partial charge in [-0.1, -0.05) is 12.8 Å². The number of carbonyl (C=O) groups excluding carboxylic acids is 2. The Bertz CT molecular complexity index is 478. The summed E-state index contributed by atoms with van der Waals surface area (Å²) < 4.78 is 1.73. The molecule has 1 aliphatic rings. The third-order valence-corrected chi connectivity index (χ3v) is 6.45. The summed E-state index contributed by atoms with van der Waals surface area (Å²) >= 11 is 8.11. The van der Waals surface area contributed by atoms with Crippen molar-refractivity contribution < 1.29 is 9.59 Å². The second-order valence-corrected chi connectivity index (χ2v) is 7.79. The van der Waals surface area contributed by atoms with Crippen molar-refractivity contribution in [3.05, 3.63) is 19.2 Å². The Morgan fingerprint density at radius 2 is 2.00 bits per heavy atom. The van der Waals surface area contributed by atoms with Gasteiger partial charge in [-0.3, -0.25) is 9.59 Å². The molecule has 0 saturated heterocycles. The average molecular weight is 410 g/mol. The van der Waals surface area contributed by atoms with Crippen molar-refractivity contribution in [2.24, 2.45) is 5.73 Å². The number of thiophene rings is 1. The summed E-state index contributed by atoms with van der Waals surface area (Å²) in [5.74, 6) is -0.572. The quantitative estimate of drug-likeness (QED) is 0.829. The summed E-state index contributed by atoms with van der Waals surface area (Å²) in [6.45, 7) is -0.00334. The van der Waals surface area contributed by atoms with Crippen LogP contribution in [0.3, 0.4) is 0 Å². The second-order valence-electron chi connectivity index (χ2n) is 4.57. The molecule has 2 N–H and O–H groups in total. The fourth-order valence-corrected chi connectivity index (χ4v) is 4.34. The van der Waals surface area contributed by atoms with Crippen LogP contribution in [-0.4, -0.2) is 29.3 Å². The maximum absolute atomic E-state index is 12.5. The summed E-state index contributed by atoms with van der Waals surface area (Å²) in [6.07, 6.45) is 4.11. The first-order valence-electron chi connectivity index (χ1n) is 6.03. The molecule has 0 spiro atoms. The molecule has 0 atom stereocenters. The normalized spacial score (nSPS) is 15.7. The van der Waals surface area contributed by atoms with Crippen LogP contribution in [0.4, 0.5) is 0 Å². The zero-order valence-corrected chi connectivity index (χ0v) is 14.2. The van der Waals surface area contributed by atoms with E-state index in [1.54, 1.807) is 11.0 Å². The van der Waals surface area contributed by atoms with Crippen LogP contribution >= 0.6 is 43.2 Å². The number of nitrogens with zero attached hydrogens (tertiary/aromatic N) is 1. The molecule has 1 aromatic heterocycles. The molecule has 1 aromatic rings. The van der Waals surface area contributed by atoms with E-state index in [9.17, 15) is 9.59 Å². The molecule has 2 amide bonds. The number of primary amides is 1. The van der Waals surface area contributed by atoms with E-state index < -0.39 is 5.91 Å². The fraction of sp³-hybridized carbons (Fsp3) is 0.500. The predicted octanol–water partition coefficient (Wildman–Crippen LogP) is 3.14. The van der Waals surface area contributed by atoms with E-state index in [0.29, 0.717) is 4.88 Å². The summed E-state index contributed by atoms with van der Waals surface area (Å²) in [5, 5.41) is 0. The lowest BCUT2D eigenvalue weighted by atomic mass is 10.2. The van der Waals surface area contributed by atoms with Crippen molar-refractivity contribution >= 4 is 55.0 Å². The summed E-state index contributed by atoms with van der Waals surface area (Å²) in [5.41, 5.74) is 5.26. The molecule has 1 fully saturated rings. The molecule has 1 heterocycles. The van der Waals surface area contributed by atoms with Gasteiger partial charge in [-0.05, 0) is 50.8 Å². The van der Waals surface area contributed by atoms with Crippen LogP contribution in [0.2, 0.25) is 0 Å². The standard InChI is InChI=1S/C12H14Br2N2O2S/c13-8-5-9(19-11(8)14)12(18)16(6-10(15)17)7-3-1-2-4-7/h5,7H,1-4,6H2,(H2,15,17). The Balaban J connectivity index is 2.21. The Kier molecular flexibility index (Phi) is 5.03. The Morgan fingerprint density at radius 3 is 2.47 bits per heavy atom. The lowest BCUT2D eigenvalue weighted by Gasteiger charge is -2.27. The van der Waals surface area contributed by atoms with Gasteiger partial charge in [-0.15, -0.1) is 11.3 Å².